The van der Waals surface area contributed by atoms with E-state index in [1.807, 2.05) is 18.5 Å². The number of pyridine rings is 1. The predicted octanol–water partition coefficient (Wildman–Crippen LogP) is 11.9. The van der Waals surface area contributed by atoms with Crippen LogP contribution >= 0.6 is 0 Å². The molecule has 4 bridgehead atoms. The summed E-state index contributed by atoms with van der Waals surface area (Å²) < 4.78 is 0. The second-order valence-corrected chi connectivity index (χ2v) is 16.0. The van der Waals surface area contributed by atoms with Crippen molar-refractivity contribution in [2.45, 2.75) is 50.4 Å². The summed E-state index contributed by atoms with van der Waals surface area (Å²) in [7, 11) is 0. The third kappa shape index (κ3) is 3.60. The van der Waals surface area contributed by atoms with Crippen LogP contribution in [-0.2, 0) is 10.8 Å². The van der Waals surface area contributed by atoms with Crippen LogP contribution in [0.1, 0.15) is 61.8 Å². The number of rotatable bonds is 4. The molecule has 2 nitrogen and oxygen atoms in total. The lowest BCUT2D eigenvalue weighted by atomic mass is 9.59. The zero-order valence-corrected chi connectivity index (χ0v) is 28.2. The van der Waals surface area contributed by atoms with E-state index in [4.69, 9.17) is 0 Å². The number of anilines is 3. The van der Waals surface area contributed by atoms with Crippen molar-refractivity contribution in [3.63, 3.8) is 0 Å². The highest BCUT2D eigenvalue weighted by Gasteiger charge is 2.66. The molecular weight excluding hydrogens is 593 g/mol. The Labute approximate surface area is 289 Å². The van der Waals surface area contributed by atoms with E-state index in [9.17, 15) is 0 Å². The van der Waals surface area contributed by atoms with E-state index in [1.54, 1.807) is 11.1 Å². The number of hydrogen-bond acceptors (Lipinski definition) is 2. The normalized spacial score (nSPS) is 25.7. The summed E-state index contributed by atoms with van der Waals surface area (Å²) in [6, 6.07) is 46.3. The van der Waals surface area contributed by atoms with Gasteiger partial charge >= 0.3 is 0 Å². The number of fused-ring (bicyclic) bond motifs is 6. The lowest BCUT2D eigenvalue weighted by molar-refractivity contribution is 0.191. The van der Waals surface area contributed by atoms with Gasteiger partial charge in [-0.05, 0) is 136 Å². The Morgan fingerprint density at radius 1 is 0.592 bits per heavy atom. The molecule has 1 aromatic heterocycles. The van der Waals surface area contributed by atoms with Crippen molar-refractivity contribution >= 4 is 17.1 Å². The molecule has 0 N–H and O–H groups in total. The first-order chi connectivity index (χ1) is 24.0. The Kier molecular flexibility index (Phi) is 5.60. The molecule has 0 radical (unpaired) electrons. The maximum absolute atomic E-state index is 4.39. The van der Waals surface area contributed by atoms with E-state index < -0.39 is 0 Å². The van der Waals surface area contributed by atoms with Crippen molar-refractivity contribution in [2.24, 2.45) is 23.7 Å². The Bertz CT molecular complexity index is 2300. The molecule has 1 heterocycles. The summed E-state index contributed by atoms with van der Waals surface area (Å²) in [5.41, 5.74) is 17.8. The van der Waals surface area contributed by atoms with Gasteiger partial charge < -0.3 is 4.90 Å². The second kappa shape index (κ2) is 9.82. The molecule has 0 saturated heterocycles. The summed E-state index contributed by atoms with van der Waals surface area (Å²) in [5.74, 6) is 3.31. The fourth-order valence-electron chi connectivity index (χ4n) is 11.8. The molecule has 1 spiro atoms. The molecule has 2 heteroatoms. The molecule has 5 unspecified atom stereocenters. The van der Waals surface area contributed by atoms with Gasteiger partial charge in [-0.3, -0.25) is 4.98 Å². The minimum Gasteiger partial charge on any atom is -0.310 e. The molecule has 4 saturated carbocycles. The summed E-state index contributed by atoms with van der Waals surface area (Å²) in [4.78, 5) is 6.96. The highest BCUT2D eigenvalue weighted by Crippen LogP contribution is 2.73. The molecule has 5 atom stereocenters. The minimum absolute atomic E-state index is 0.0660. The number of hydrogen-bond donors (Lipinski definition) is 0. The average Bonchev–Trinajstić information content (AvgIpc) is 3.77. The third-order valence-corrected chi connectivity index (χ3v) is 13.5. The fraction of sp³-hybridized carbons (Fsp3) is 0.255. The smallest absolute Gasteiger partial charge is 0.0543 e. The van der Waals surface area contributed by atoms with Crippen molar-refractivity contribution in [3.05, 3.63) is 156 Å². The van der Waals surface area contributed by atoms with Gasteiger partial charge in [0.2, 0.25) is 0 Å². The predicted molar refractivity (Wildman–Crippen MR) is 201 cm³/mol. The minimum atomic E-state index is -0.0660. The zero-order valence-electron chi connectivity index (χ0n) is 28.2. The Morgan fingerprint density at radius 2 is 1.35 bits per heavy atom. The van der Waals surface area contributed by atoms with Gasteiger partial charge in [-0.25, -0.2) is 0 Å². The molecule has 5 aromatic carbocycles. The monoisotopic (exact) mass is 632 g/mol. The SMILES string of the molecule is CC1(C)c2ccccc2-c2c(N(c3ccc(-c4cccnc4)cc3)c3ccc4c(c3)C3(c5ccccc5-4)C4CC5CC(C4)C3C5)cccc21. The van der Waals surface area contributed by atoms with Gasteiger partial charge in [0, 0.05) is 40.2 Å². The van der Waals surface area contributed by atoms with Crippen LogP contribution in [0.5, 0.6) is 0 Å². The van der Waals surface area contributed by atoms with Crippen molar-refractivity contribution in [1.82, 2.24) is 4.98 Å². The first-order valence-electron chi connectivity index (χ1n) is 18.3. The Morgan fingerprint density at radius 3 is 2.16 bits per heavy atom. The lowest BCUT2D eigenvalue weighted by Crippen LogP contribution is -2.40. The van der Waals surface area contributed by atoms with Gasteiger partial charge in [-0.1, -0.05) is 98.8 Å². The first-order valence-corrected chi connectivity index (χ1v) is 18.3. The second-order valence-electron chi connectivity index (χ2n) is 16.0. The number of aromatic nitrogens is 1. The Balaban J connectivity index is 1.15. The van der Waals surface area contributed by atoms with Gasteiger partial charge in [0.05, 0.1) is 5.69 Å². The van der Waals surface area contributed by atoms with Crippen LogP contribution in [0.3, 0.4) is 0 Å². The maximum Gasteiger partial charge on any atom is 0.0543 e. The molecule has 238 valence electrons. The molecule has 0 amide bonds. The molecular formula is C47H40N2. The van der Waals surface area contributed by atoms with Gasteiger partial charge in [0.15, 0.2) is 0 Å². The standard InChI is InChI=1S/C47H40N2/c1-46(2)39-12-5-4-11-38(39)45-41(46)14-7-15-44(45)49(34-18-16-30(17-19-34)31-9-8-22-48-28-31)35-20-21-37-36-10-3-6-13-40(36)47(43(37)27-35)33-24-29-23-32(26-33)42(47)25-29/h3-22,27-29,32-33,42H,23-26H2,1-2H3. The van der Waals surface area contributed by atoms with E-state index in [-0.39, 0.29) is 10.8 Å². The summed E-state index contributed by atoms with van der Waals surface area (Å²) in [5, 5.41) is 0. The highest BCUT2D eigenvalue weighted by atomic mass is 15.1. The highest BCUT2D eigenvalue weighted by molar-refractivity contribution is 5.96. The molecule has 6 aliphatic carbocycles. The molecule has 0 aliphatic heterocycles. The molecule has 6 aromatic rings. The summed E-state index contributed by atoms with van der Waals surface area (Å²) >= 11 is 0. The summed E-state index contributed by atoms with van der Waals surface area (Å²) in [6.07, 6.45) is 9.43. The van der Waals surface area contributed by atoms with Crippen LogP contribution in [-0.4, -0.2) is 4.98 Å². The van der Waals surface area contributed by atoms with Gasteiger partial charge in [0.1, 0.15) is 0 Å². The van der Waals surface area contributed by atoms with Gasteiger partial charge in [-0.2, -0.15) is 0 Å². The zero-order chi connectivity index (χ0) is 32.5. The molecule has 49 heavy (non-hydrogen) atoms. The topological polar surface area (TPSA) is 16.1 Å². The van der Waals surface area contributed by atoms with E-state index in [0.717, 1.165) is 29.2 Å². The summed E-state index contributed by atoms with van der Waals surface area (Å²) in [6.45, 7) is 4.77. The van der Waals surface area contributed by atoms with Gasteiger partial charge in [-0.15, -0.1) is 0 Å². The van der Waals surface area contributed by atoms with Crippen LogP contribution < -0.4 is 4.90 Å². The average molecular weight is 633 g/mol. The lowest BCUT2D eigenvalue weighted by Gasteiger charge is -2.44. The van der Waals surface area contributed by atoms with E-state index in [0.29, 0.717) is 0 Å². The maximum atomic E-state index is 4.39. The Hall–Kier alpha value is -4.95. The fourth-order valence-corrected chi connectivity index (χ4v) is 11.8. The van der Waals surface area contributed by atoms with Gasteiger partial charge in [0.25, 0.3) is 0 Å². The van der Waals surface area contributed by atoms with Crippen molar-refractivity contribution in [1.29, 1.82) is 0 Å². The largest absolute Gasteiger partial charge is 0.310 e. The van der Waals surface area contributed by atoms with E-state index >= 15 is 0 Å². The number of nitrogens with zero attached hydrogens (tertiary/aromatic N) is 2. The first kappa shape index (κ1) is 27.9. The number of benzene rings is 5. The quantitative estimate of drug-likeness (QED) is 0.192. The molecule has 6 aliphatic rings. The van der Waals surface area contributed by atoms with Crippen molar-refractivity contribution in [3.8, 4) is 33.4 Å². The van der Waals surface area contributed by atoms with Crippen LogP contribution in [0, 0.1) is 23.7 Å². The van der Waals surface area contributed by atoms with Crippen LogP contribution in [0.2, 0.25) is 0 Å². The van der Waals surface area contributed by atoms with Crippen molar-refractivity contribution < 1.29 is 0 Å². The molecule has 12 rings (SSSR count). The van der Waals surface area contributed by atoms with E-state index in [2.05, 4.69) is 139 Å². The van der Waals surface area contributed by atoms with E-state index in [1.165, 1.54) is 81.7 Å². The van der Waals surface area contributed by atoms with Crippen LogP contribution in [0.4, 0.5) is 17.1 Å². The van der Waals surface area contributed by atoms with Crippen LogP contribution in [0.25, 0.3) is 33.4 Å². The molecule has 4 fully saturated rings. The van der Waals surface area contributed by atoms with Crippen molar-refractivity contribution in [2.75, 3.05) is 4.90 Å². The van der Waals surface area contributed by atoms with Crippen LogP contribution in [0.15, 0.2) is 134 Å². The third-order valence-electron chi connectivity index (χ3n) is 13.5.